The Hall–Kier alpha value is -2.27. The number of hydrogen-bond acceptors (Lipinski definition) is 2. The van der Waals surface area contributed by atoms with Crippen molar-refractivity contribution in [3.8, 4) is 11.8 Å². The van der Waals surface area contributed by atoms with Crippen LogP contribution in [0.4, 0.5) is 0 Å². The Kier molecular flexibility index (Phi) is 4.58. The molecule has 0 aromatic heterocycles. The van der Waals surface area contributed by atoms with Crippen LogP contribution in [0.15, 0.2) is 54.6 Å². The summed E-state index contributed by atoms with van der Waals surface area (Å²) < 4.78 is 5.56. The molecule has 0 spiro atoms. The second-order valence-electron chi connectivity index (χ2n) is 4.45. The van der Waals surface area contributed by atoms with E-state index in [0.29, 0.717) is 6.42 Å². The quantitative estimate of drug-likeness (QED) is 0.805. The molecule has 96 valence electrons. The Morgan fingerprint density at radius 3 is 2.21 bits per heavy atom. The third-order valence-electron chi connectivity index (χ3n) is 2.97. The summed E-state index contributed by atoms with van der Waals surface area (Å²) in [7, 11) is 0. The molecule has 0 saturated carbocycles. The number of rotatable bonds is 5. The Labute approximate surface area is 114 Å². The van der Waals surface area contributed by atoms with E-state index in [9.17, 15) is 0 Å². The normalized spacial score (nSPS) is 11.6. The molecular formula is C17H17NO. The first-order valence-corrected chi connectivity index (χ1v) is 6.51. The van der Waals surface area contributed by atoms with Crippen molar-refractivity contribution >= 4 is 0 Å². The number of benzene rings is 2. The molecule has 0 heterocycles. The Morgan fingerprint density at radius 2 is 1.63 bits per heavy atom. The molecule has 0 amide bonds. The molecule has 0 aliphatic rings. The Balaban J connectivity index is 2.01. The van der Waals surface area contributed by atoms with Crippen LogP contribution in [0.5, 0.6) is 5.75 Å². The number of ether oxygens (including phenoxy) is 1. The smallest absolute Gasteiger partial charge is 0.184 e. The van der Waals surface area contributed by atoms with Gasteiger partial charge in [0.1, 0.15) is 11.8 Å². The maximum Gasteiger partial charge on any atom is 0.184 e. The monoisotopic (exact) mass is 251 g/mol. The first kappa shape index (κ1) is 13.2. The van der Waals surface area contributed by atoms with Crippen LogP contribution in [-0.4, -0.2) is 6.10 Å². The van der Waals surface area contributed by atoms with Gasteiger partial charge >= 0.3 is 0 Å². The highest BCUT2D eigenvalue weighted by Gasteiger charge is 2.05. The molecule has 2 aromatic rings. The van der Waals surface area contributed by atoms with Crippen LogP contribution in [0.3, 0.4) is 0 Å². The van der Waals surface area contributed by atoms with Crippen molar-refractivity contribution in [1.82, 2.24) is 0 Å². The minimum Gasteiger partial charge on any atom is -0.476 e. The molecule has 2 rings (SSSR count). The van der Waals surface area contributed by atoms with Crippen LogP contribution < -0.4 is 4.74 Å². The first-order valence-electron chi connectivity index (χ1n) is 6.51. The van der Waals surface area contributed by atoms with Crippen LogP contribution in [0.1, 0.15) is 24.5 Å². The Bertz CT molecular complexity index is 540. The summed E-state index contributed by atoms with van der Waals surface area (Å²) in [5.74, 6) is 0.755. The minimum absolute atomic E-state index is 0.361. The highest BCUT2D eigenvalue weighted by atomic mass is 16.5. The molecule has 0 N–H and O–H groups in total. The van der Waals surface area contributed by atoms with Gasteiger partial charge in [-0.15, -0.1) is 0 Å². The lowest BCUT2D eigenvalue weighted by molar-refractivity contribution is 0.252. The average molecular weight is 251 g/mol. The summed E-state index contributed by atoms with van der Waals surface area (Å²) in [5.41, 5.74) is 2.53. The summed E-state index contributed by atoms with van der Waals surface area (Å²) in [6.07, 6.45) is 1.25. The van der Waals surface area contributed by atoms with E-state index >= 15 is 0 Å². The van der Waals surface area contributed by atoms with E-state index in [0.717, 1.165) is 12.2 Å². The third kappa shape index (κ3) is 3.86. The molecule has 0 aliphatic carbocycles. The SMILES string of the molecule is CCC(C#N)Oc1ccc(Cc2ccccc2)cc1. The van der Waals surface area contributed by atoms with Crippen molar-refractivity contribution in [2.24, 2.45) is 0 Å². The third-order valence-corrected chi connectivity index (χ3v) is 2.97. The lowest BCUT2D eigenvalue weighted by Gasteiger charge is -2.10. The van der Waals surface area contributed by atoms with E-state index in [1.807, 2.05) is 49.4 Å². The van der Waals surface area contributed by atoms with Gasteiger partial charge in [0.05, 0.1) is 0 Å². The van der Waals surface area contributed by atoms with Crippen LogP contribution in [0.2, 0.25) is 0 Å². The van der Waals surface area contributed by atoms with Gasteiger partial charge in [-0.25, -0.2) is 0 Å². The first-order chi connectivity index (χ1) is 9.31. The fraction of sp³-hybridized carbons (Fsp3) is 0.235. The van der Waals surface area contributed by atoms with Crippen LogP contribution in [-0.2, 0) is 6.42 Å². The molecular weight excluding hydrogens is 234 g/mol. The number of nitriles is 1. The summed E-state index contributed by atoms with van der Waals surface area (Å²) in [4.78, 5) is 0. The average Bonchev–Trinajstić information content (AvgIpc) is 2.47. The van der Waals surface area contributed by atoms with Crippen molar-refractivity contribution in [2.45, 2.75) is 25.9 Å². The summed E-state index contributed by atoms with van der Waals surface area (Å²) in [6, 6.07) is 20.4. The lowest BCUT2D eigenvalue weighted by Crippen LogP contribution is -2.11. The van der Waals surface area contributed by atoms with E-state index in [4.69, 9.17) is 10.00 Å². The van der Waals surface area contributed by atoms with E-state index in [1.54, 1.807) is 0 Å². The fourth-order valence-corrected chi connectivity index (χ4v) is 1.88. The van der Waals surface area contributed by atoms with Gasteiger partial charge in [0.15, 0.2) is 6.10 Å². The molecule has 0 bridgehead atoms. The van der Waals surface area contributed by atoms with Crippen LogP contribution in [0.25, 0.3) is 0 Å². The molecule has 2 nitrogen and oxygen atoms in total. The van der Waals surface area contributed by atoms with Gasteiger partial charge in [-0.3, -0.25) is 0 Å². The molecule has 0 radical (unpaired) electrons. The topological polar surface area (TPSA) is 33.0 Å². The lowest BCUT2D eigenvalue weighted by atomic mass is 10.1. The van der Waals surface area contributed by atoms with Crippen molar-refractivity contribution < 1.29 is 4.74 Å². The van der Waals surface area contributed by atoms with Crippen molar-refractivity contribution in [1.29, 1.82) is 5.26 Å². The zero-order valence-electron chi connectivity index (χ0n) is 11.0. The van der Waals surface area contributed by atoms with Crippen molar-refractivity contribution in [3.05, 3.63) is 65.7 Å². The molecule has 19 heavy (non-hydrogen) atoms. The van der Waals surface area contributed by atoms with Gasteiger partial charge in [0, 0.05) is 0 Å². The molecule has 1 unspecified atom stereocenters. The summed E-state index contributed by atoms with van der Waals surface area (Å²) in [6.45, 7) is 1.94. The number of hydrogen-bond donors (Lipinski definition) is 0. The molecule has 0 saturated heterocycles. The van der Waals surface area contributed by atoms with Gasteiger partial charge in [-0.1, -0.05) is 49.4 Å². The second kappa shape index (κ2) is 6.61. The van der Waals surface area contributed by atoms with Gasteiger partial charge in [0.25, 0.3) is 0 Å². The minimum atomic E-state index is -0.361. The highest BCUT2D eigenvalue weighted by molar-refractivity contribution is 5.31. The molecule has 0 aliphatic heterocycles. The zero-order valence-corrected chi connectivity index (χ0v) is 11.0. The van der Waals surface area contributed by atoms with E-state index in [2.05, 4.69) is 18.2 Å². The summed E-state index contributed by atoms with van der Waals surface area (Å²) in [5, 5.41) is 8.86. The molecule has 1 atom stereocenters. The predicted molar refractivity (Wildman–Crippen MR) is 76.0 cm³/mol. The maximum atomic E-state index is 8.86. The highest BCUT2D eigenvalue weighted by Crippen LogP contribution is 2.17. The number of nitrogens with zero attached hydrogens (tertiary/aromatic N) is 1. The van der Waals surface area contributed by atoms with Crippen LogP contribution >= 0.6 is 0 Å². The molecule has 0 fully saturated rings. The van der Waals surface area contributed by atoms with Gasteiger partial charge < -0.3 is 4.74 Å². The second-order valence-corrected chi connectivity index (χ2v) is 4.45. The Morgan fingerprint density at radius 1 is 1.00 bits per heavy atom. The zero-order chi connectivity index (χ0) is 13.5. The van der Waals surface area contributed by atoms with Gasteiger partial charge in [-0.2, -0.15) is 5.26 Å². The van der Waals surface area contributed by atoms with E-state index in [1.165, 1.54) is 11.1 Å². The maximum absolute atomic E-state index is 8.86. The standard InChI is InChI=1S/C17H17NO/c1-2-16(13-18)19-17-10-8-15(9-11-17)12-14-6-4-3-5-7-14/h3-11,16H,2,12H2,1H3. The van der Waals surface area contributed by atoms with E-state index < -0.39 is 0 Å². The van der Waals surface area contributed by atoms with Gasteiger partial charge in [-0.05, 0) is 36.1 Å². The van der Waals surface area contributed by atoms with Crippen molar-refractivity contribution in [3.63, 3.8) is 0 Å². The largest absolute Gasteiger partial charge is 0.476 e. The van der Waals surface area contributed by atoms with Crippen LogP contribution in [0, 0.1) is 11.3 Å². The van der Waals surface area contributed by atoms with Gasteiger partial charge in [0.2, 0.25) is 0 Å². The molecule has 2 aromatic carbocycles. The molecule has 2 heteroatoms. The van der Waals surface area contributed by atoms with E-state index in [-0.39, 0.29) is 6.10 Å². The van der Waals surface area contributed by atoms with Crippen molar-refractivity contribution in [2.75, 3.05) is 0 Å². The predicted octanol–water partition coefficient (Wildman–Crippen LogP) is 3.96. The summed E-state index contributed by atoms with van der Waals surface area (Å²) >= 11 is 0. The fourth-order valence-electron chi connectivity index (χ4n) is 1.88.